The van der Waals surface area contributed by atoms with Gasteiger partial charge in [0.25, 0.3) is 0 Å². The Morgan fingerprint density at radius 3 is 2.30 bits per heavy atom. The number of hydrazone groups is 1. The number of methoxy groups -OCH3 is 3. The molecule has 0 radical (unpaired) electrons. The molecule has 0 heterocycles. The van der Waals surface area contributed by atoms with Crippen molar-refractivity contribution < 1.29 is 23.8 Å². The zero-order valence-electron chi connectivity index (χ0n) is 14.9. The predicted octanol–water partition coefficient (Wildman–Crippen LogP) is 2.45. The number of benzene rings is 2. The third-order valence-electron chi connectivity index (χ3n) is 3.43. The Hall–Kier alpha value is -3.26. The predicted molar refractivity (Wildman–Crippen MR) is 102 cm³/mol. The lowest BCUT2D eigenvalue weighted by atomic mass is 10.2. The minimum atomic E-state index is -0.953. The summed E-state index contributed by atoms with van der Waals surface area (Å²) < 4.78 is 15.8. The molecule has 0 atom stereocenters. The summed E-state index contributed by atoms with van der Waals surface area (Å²) in [6.45, 7) is 0. The summed E-state index contributed by atoms with van der Waals surface area (Å²) in [5.41, 5.74) is 2.98. The van der Waals surface area contributed by atoms with Crippen LogP contribution < -0.4 is 25.0 Å². The fraction of sp³-hybridized carbons (Fsp3) is 0.167. The van der Waals surface area contributed by atoms with Gasteiger partial charge in [0.2, 0.25) is 5.75 Å². The maximum absolute atomic E-state index is 11.9. The molecular weight excluding hydrogens is 374 g/mol. The Balaban J connectivity index is 2.07. The van der Waals surface area contributed by atoms with E-state index in [0.29, 0.717) is 33.5 Å². The molecule has 0 aliphatic rings. The molecule has 2 N–H and O–H groups in total. The fourth-order valence-electron chi connectivity index (χ4n) is 2.18. The second kappa shape index (κ2) is 9.44. The molecule has 0 saturated carbocycles. The van der Waals surface area contributed by atoms with Gasteiger partial charge in [0, 0.05) is 5.56 Å². The van der Waals surface area contributed by atoms with Crippen LogP contribution in [-0.4, -0.2) is 39.4 Å². The van der Waals surface area contributed by atoms with Crippen molar-refractivity contribution in [2.45, 2.75) is 0 Å². The van der Waals surface area contributed by atoms with E-state index in [1.165, 1.54) is 27.5 Å². The van der Waals surface area contributed by atoms with E-state index in [0.717, 1.165) is 0 Å². The van der Waals surface area contributed by atoms with E-state index in [2.05, 4.69) is 15.8 Å². The molecule has 2 amide bonds. The summed E-state index contributed by atoms with van der Waals surface area (Å²) in [4.78, 5) is 23.8. The van der Waals surface area contributed by atoms with Gasteiger partial charge in [-0.2, -0.15) is 5.10 Å². The van der Waals surface area contributed by atoms with Gasteiger partial charge >= 0.3 is 11.8 Å². The normalized spacial score (nSPS) is 10.4. The van der Waals surface area contributed by atoms with E-state index in [-0.39, 0.29) is 0 Å². The Kier molecular flexibility index (Phi) is 7.01. The van der Waals surface area contributed by atoms with Gasteiger partial charge in [-0.05, 0) is 24.3 Å². The summed E-state index contributed by atoms with van der Waals surface area (Å²) >= 11 is 5.93. The Labute approximate surface area is 161 Å². The molecule has 0 unspecified atom stereocenters. The zero-order chi connectivity index (χ0) is 19.8. The number of anilines is 1. The van der Waals surface area contributed by atoms with Crippen LogP contribution in [0.5, 0.6) is 17.2 Å². The van der Waals surface area contributed by atoms with Crippen LogP contribution in [0.15, 0.2) is 41.5 Å². The highest BCUT2D eigenvalue weighted by Crippen LogP contribution is 2.38. The van der Waals surface area contributed by atoms with Crippen molar-refractivity contribution in [3.8, 4) is 17.2 Å². The summed E-state index contributed by atoms with van der Waals surface area (Å²) in [6, 6.07) is 9.88. The lowest BCUT2D eigenvalue weighted by molar-refractivity contribution is -0.136. The van der Waals surface area contributed by atoms with Crippen molar-refractivity contribution in [2.24, 2.45) is 5.10 Å². The van der Waals surface area contributed by atoms with E-state index in [1.807, 2.05) is 0 Å². The van der Waals surface area contributed by atoms with Crippen molar-refractivity contribution in [1.82, 2.24) is 5.43 Å². The molecule has 0 saturated heterocycles. The van der Waals surface area contributed by atoms with Gasteiger partial charge in [-0.1, -0.05) is 23.7 Å². The average molecular weight is 392 g/mol. The first kappa shape index (κ1) is 20.1. The van der Waals surface area contributed by atoms with Crippen LogP contribution in [0.2, 0.25) is 5.02 Å². The third kappa shape index (κ3) is 4.89. The van der Waals surface area contributed by atoms with Crippen molar-refractivity contribution >= 4 is 35.3 Å². The molecule has 0 bridgehead atoms. The van der Waals surface area contributed by atoms with E-state index >= 15 is 0 Å². The first-order valence-electron chi connectivity index (χ1n) is 7.69. The van der Waals surface area contributed by atoms with Crippen LogP contribution >= 0.6 is 11.6 Å². The molecule has 2 rings (SSSR count). The molecule has 2 aromatic rings. The number of nitrogens with zero attached hydrogens (tertiary/aromatic N) is 1. The Bertz CT molecular complexity index is 870. The first-order valence-corrected chi connectivity index (χ1v) is 8.07. The number of carbonyl (C=O) groups excluding carboxylic acids is 2. The number of hydrogen-bond acceptors (Lipinski definition) is 6. The lowest BCUT2D eigenvalue weighted by Gasteiger charge is -2.13. The van der Waals surface area contributed by atoms with Crippen LogP contribution in [0.3, 0.4) is 0 Å². The number of amides is 2. The molecule has 0 fully saturated rings. The number of para-hydroxylation sites is 1. The third-order valence-corrected chi connectivity index (χ3v) is 3.76. The standard InChI is InChI=1S/C18H18ClN3O5/c1-25-14-9-8-11(15(26-2)16(14)27-3)10-20-22-18(24)17(23)21-13-7-5-4-6-12(13)19/h4-10H,1-3H3,(H,21,23)(H,22,24)/b20-10+. The van der Waals surface area contributed by atoms with E-state index in [9.17, 15) is 9.59 Å². The van der Waals surface area contributed by atoms with Gasteiger partial charge < -0.3 is 19.5 Å². The van der Waals surface area contributed by atoms with Gasteiger partial charge in [0.15, 0.2) is 11.5 Å². The van der Waals surface area contributed by atoms with Crippen LogP contribution in [0.25, 0.3) is 0 Å². The molecule has 0 aromatic heterocycles. The van der Waals surface area contributed by atoms with Crippen LogP contribution in [-0.2, 0) is 9.59 Å². The number of hydrogen-bond donors (Lipinski definition) is 2. The SMILES string of the molecule is COc1ccc(/C=N/NC(=O)C(=O)Nc2ccccc2Cl)c(OC)c1OC. The molecule has 0 aliphatic heterocycles. The maximum Gasteiger partial charge on any atom is 0.329 e. The molecule has 0 aliphatic carbocycles. The van der Waals surface area contributed by atoms with Crippen molar-refractivity contribution in [3.63, 3.8) is 0 Å². The number of ether oxygens (including phenoxy) is 3. The van der Waals surface area contributed by atoms with Gasteiger partial charge in [-0.25, -0.2) is 5.43 Å². The van der Waals surface area contributed by atoms with Crippen LogP contribution in [0, 0.1) is 0 Å². The zero-order valence-corrected chi connectivity index (χ0v) is 15.7. The largest absolute Gasteiger partial charge is 0.493 e. The maximum atomic E-state index is 11.9. The van der Waals surface area contributed by atoms with Crippen molar-refractivity contribution in [1.29, 1.82) is 0 Å². The highest BCUT2D eigenvalue weighted by molar-refractivity contribution is 6.41. The fourth-order valence-corrected chi connectivity index (χ4v) is 2.36. The van der Waals surface area contributed by atoms with E-state index in [4.69, 9.17) is 25.8 Å². The van der Waals surface area contributed by atoms with Gasteiger partial charge in [0.1, 0.15) is 0 Å². The summed E-state index contributed by atoms with van der Waals surface area (Å²) in [6.07, 6.45) is 1.32. The van der Waals surface area contributed by atoms with Crippen molar-refractivity contribution in [3.05, 3.63) is 47.0 Å². The average Bonchev–Trinajstić information content (AvgIpc) is 2.68. The van der Waals surface area contributed by atoms with Crippen molar-refractivity contribution in [2.75, 3.05) is 26.6 Å². The number of rotatable bonds is 6. The highest BCUT2D eigenvalue weighted by Gasteiger charge is 2.16. The minimum absolute atomic E-state index is 0.317. The molecule has 9 heteroatoms. The molecule has 142 valence electrons. The highest BCUT2D eigenvalue weighted by atomic mass is 35.5. The monoisotopic (exact) mass is 391 g/mol. The smallest absolute Gasteiger partial charge is 0.329 e. The lowest BCUT2D eigenvalue weighted by Crippen LogP contribution is -2.32. The second-order valence-corrected chi connectivity index (χ2v) is 5.46. The van der Waals surface area contributed by atoms with E-state index < -0.39 is 11.8 Å². The van der Waals surface area contributed by atoms with Gasteiger partial charge in [-0.15, -0.1) is 0 Å². The van der Waals surface area contributed by atoms with Crippen LogP contribution in [0.1, 0.15) is 5.56 Å². The number of carbonyl (C=O) groups is 2. The minimum Gasteiger partial charge on any atom is -0.493 e. The van der Waals surface area contributed by atoms with Gasteiger partial charge in [-0.3, -0.25) is 9.59 Å². The first-order chi connectivity index (χ1) is 13.0. The molecule has 0 spiro atoms. The molecule has 8 nitrogen and oxygen atoms in total. The Morgan fingerprint density at radius 1 is 0.963 bits per heavy atom. The summed E-state index contributed by atoms with van der Waals surface area (Å²) in [5, 5.41) is 6.48. The summed E-state index contributed by atoms with van der Waals surface area (Å²) in [5.74, 6) is -0.623. The Morgan fingerprint density at radius 2 is 1.67 bits per heavy atom. The van der Waals surface area contributed by atoms with Gasteiger partial charge in [0.05, 0.1) is 38.3 Å². The number of nitrogens with one attached hydrogen (secondary N) is 2. The number of halogens is 1. The summed E-state index contributed by atoms with van der Waals surface area (Å²) in [7, 11) is 4.44. The van der Waals surface area contributed by atoms with Crippen LogP contribution in [0.4, 0.5) is 5.69 Å². The topological polar surface area (TPSA) is 98.2 Å². The molecular formula is C18H18ClN3O5. The molecule has 27 heavy (non-hydrogen) atoms. The molecule has 2 aromatic carbocycles. The second-order valence-electron chi connectivity index (χ2n) is 5.06. The quantitative estimate of drug-likeness (QED) is 0.447. The van der Waals surface area contributed by atoms with E-state index in [1.54, 1.807) is 36.4 Å².